The van der Waals surface area contributed by atoms with E-state index in [0.717, 1.165) is 0 Å². The van der Waals surface area contributed by atoms with E-state index in [-0.39, 0.29) is 12.3 Å². The van der Waals surface area contributed by atoms with Crippen LogP contribution in [0.15, 0.2) is 42.5 Å². The molecule has 0 amide bonds. The molecule has 0 unspecified atom stereocenters. The number of nitrogens with zero attached hydrogens (tertiary/aromatic N) is 1. The third-order valence-corrected chi connectivity index (χ3v) is 5.15. The van der Waals surface area contributed by atoms with E-state index in [1.807, 2.05) is 0 Å². The van der Waals surface area contributed by atoms with Crippen LogP contribution in [0.2, 0.25) is 5.02 Å². The molecule has 0 saturated heterocycles. The van der Waals surface area contributed by atoms with E-state index in [0.29, 0.717) is 38.5 Å². The summed E-state index contributed by atoms with van der Waals surface area (Å²) in [5.41, 5.74) is 6.90. The molecular weight excluding hydrogens is 430 g/mol. The summed E-state index contributed by atoms with van der Waals surface area (Å²) in [5, 5.41) is 1.08. The number of alkyl halides is 2. The normalized spacial score (nSPS) is 11.5. The maximum atomic E-state index is 13.3. The number of hydrogen-bond acceptors (Lipinski definition) is 5. The van der Waals surface area contributed by atoms with Gasteiger partial charge in [0.05, 0.1) is 25.6 Å². The summed E-state index contributed by atoms with van der Waals surface area (Å²) < 4.78 is 38.1. The van der Waals surface area contributed by atoms with Gasteiger partial charge in [-0.2, -0.15) is 0 Å². The molecule has 0 aliphatic heterocycles. The summed E-state index contributed by atoms with van der Waals surface area (Å²) in [6, 6.07) is 11.5. The Bertz CT molecular complexity index is 1130. The topological polar surface area (TPSA) is 83.5 Å². The molecule has 9 heteroatoms. The number of nitrogens with two attached hydrogens (primary N) is 1. The van der Waals surface area contributed by atoms with Gasteiger partial charge in [0.15, 0.2) is 6.61 Å². The summed E-state index contributed by atoms with van der Waals surface area (Å²) in [6.45, 7) is -0.351. The molecule has 0 atom stereocenters. The summed E-state index contributed by atoms with van der Waals surface area (Å²) in [5.74, 6) is -3.95. The fourth-order valence-corrected chi connectivity index (χ4v) is 3.36. The number of ether oxygens (including phenoxy) is 2. The zero-order valence-electron chi connectivity index (χ0n) is 17.0. The summed E-state index contributed by atoms with van der Waals surface area (Å²) in [6.07, 6.45) is -0.295. The summed E-state index contributed by atoms with van der Waals surface area (Å²) >= 11 is 5.91. The van der Waals surface area contributed by atoms with E-state index in [2.05, 4.69) is 0 Å². The number of esters is 1. The van der Waals surface area contributed by atoms with Gasteiger partial charge in [-0.05, 0) is 55.0 Å². The summed E-state index contributed by atoms with van der Waals surface area (Å²) in [4.78, 5) is 25.5. The van der Waals surface area contributed by atoms with Crippen LogP contribution in [0.4, 0.5) is 8.78 Å². The van der Waals surface area contributed by atoms with E-state index < -0.39 is 25.0 Å². The Labute approximate surface area is 182 Å². The van der Waals surface area contributed by atoms with Crippen LogP contribution < -0.4 is 10.5 Å². The minimum absolute atomic E-state index is 0.295. The number of fused-ring (bicyclic) bond motifs is 1. The van der Waals surface area contributed by atoms with E-state index in [9.17, 15) is 18.4 Å². The molecule has 0 aliphatic carbocycles. The second kappa shape index (κ2) is 9.03. The molecule has 0 fully saturated rings. The van der Waals surface area contributed by atoms with E-state index in [1.165, 1.54) is 11.7 Å². The van der Waals surface area contributed by atoms with Crippen LogP contribution in [-0.4, -0.2) is 42.6 Å². The highest BCUT2D eigenvalue weighted by Gasteiger charge is 2.29. The maximum Gasteiger partial charge on any atom is 0.310 e. The van der Waals surface area contributed by atoms with Gasteiger partial charge >= 0.3 is 5.97 Å². The number of rotatable bonds is 7. The fourth-order valence-electron chi connectivity index (χ4n) is 3.24. The molecule has 0 aliphatic rings. The SMILES string of the molecule is COc1ccc2c(c1)c(CC(=O)OCC(F)(F)CN)c(C)n2C(=O)c1ccc(Cl)cc1. The third-order valence-electron chi connectivity index (χ3n) is 4.90. The first-order valence-corrected chi connectivity index (χ1v) is 9.76. The highest BCUT2D eigenvalue weighted by Crippen LogP contribution is 2.31. The Morgan fingerprint density at radius 1 is 1.16 bits per heavy atom. The number of carbonyl (C=O) groups is 2. The molecule has 1 heterocycles. The lowest BCUT2D eigenvalue weighted by molar-refractivity contribution is -0.153. The van der Waals surface area contributed by atoms with Crippen molar-refractivity contribution >= 4 is 34.4 Å². The Morgan fingerprint density at radius 3 is 2.45 bits per heavy atom. The average Bonchev–Trinajstić information content (AvgIpc) is 3.03. The first-order valence-electron chi connectivity index (χ1n) is 9.38. The molecule has 0 saturated carbocycles. The van der Waals surface area contributed by atoms with Crippen molar-refractivity contribution in [2.75, 3.05) is 20.3 Å². The lowest BCUT2D eigenvalue weighted by atomic mass is 10.1. The van der Waals surface area contributed by atoms with Crippen molar-refractivity contribution in [1.82, 2.24) is 4.57 Å². The monoisotopic (exact) mass is 450 g/mol. The molecule has 0 spiro atoms. The first kappa shape index (κ1) is 22.7. The fraction of sp³-hybridized carbons (Fsp3) is 0.273. The number of benzene rings is 2. The molecule has 2 N–H and O–H groups in total. The van der Waals surface area contributed by atoms with Crippen molar-refractivity contribution in [2.45, 2.75) is 19.3 Å². The lowest BCUT2D eigenvalue weighted by Crippen LogP contribution is -2.34. The standard InChI is InChI=1S/C22H21ClF2N2O4/c1-13-17(10-20(28)31-12-22(24,25)11-26)18-9-16(30-2)7-8-19(18)27(13)21(29)14-3-5-15(23)6-4-14/h3-9H,10-12,26H2,1-2H3. The largest absolute Gasteiger partial charge is 0.497 e. The second-order valence-corrected chi connectivity index (χ2v) is 7.43. The minimum Gasteiger partial charge on any atom is -0.497 e. The Kier molecular flexibility index (Phi) is 6.62. The van der Waals surface area contributed by atoms with Crippen molar-refractivity contribution in [2.24, 2.45) is 5.73 Å². The molecule has 0 bridgehead atoms. The van der Waals surface area contributed by atoms with E-state index >= 15 is 0 Å². The molecule has 31 heavy (non-hydrogen) atoms. The highest BCUT2D eigenvalue weighted by molar-refractivity contribution is 6.30. The van der Waals surface area contributed by atoms with Gasteiger partial charge in [-0.15, -0.1) is 0 Å². The van der Waals surface area contributed by atoms with Gasteiger partial charge in [-0.1, -0.05) is 11.6 Å². The van der Waals surface area contributed by atoms with Crippen molar-refractivity contribution in [3.05, 3.63) is 64.3 Å². The van der Waals surface area contributed by atoms with Gasteiger partial charge < -0.3 is 15.2 Å². The summed E-state index contributed by atoms with van der Waals surface area (Å²) in [7, 11) is 1.49. The number of hydrogen-bond donors (Lipinski definition) is 1. The smallest absolute Gasteiger partial charge is 0.310 e. The number of methoxy groups -OCH3 is 1. The van der Waals surface area contributed by atoms with E-state index in [4.69, 9.17) is 26.8 Å². The average molecular weight is 451 g/mol. The van der Waals surface area contributed by atoms with Gasteiger partial charge in [-0.25, -0.2) is 8.78 Å². The third kappa shape index (κ3) is 4.86. The lowest BCUT2D eigenvalue weighted by Gasteiger charge is -2.14. The van der Waals surface area contributed by atoms with Crippen molar-refractivity contribution in [1.29, 1.82) is 0 Å². The van der Waals surface area contributed by atoms with Gasteiger partial charge in [0.2, 0.25) is 0 Å². The van der Waals surface area contributed by atoms with Gasteiger partial charge in [0, 0.05) is 21.7 Å². The van der Waals surface area contributed by atoms with Crippen LogP contribution in [0.25, 0.3) is 10.9 Å². The van der Waals surface area contributed by atoms with Crippen LogP contribution in [-0.2, 0) is 16.0 Å². The molecule has 3 rings (SSSR count). The van der Waals surface area contributed by atoms with Crippen LogP contribution in [0.1, 0.15) is 21.6 Å². The molecule has 3 aromatic rings. The first-order chi connectivity index (χ1) is 14.7. The zero-order chi connectivity index (χ0) is 22.8. The van der Waals surface area contributed by atoms with Crippen LogP contribution in [0.3, 0.4) is 0 Å². The molecule has 164 valence electrons. The zero-order valence-corrected chi connectivity index (χ0v) is 17.7. The second-order valence-electron chi connectivity index (χ2n) is 6.99. The highest BCUT2D eigenvalue weighted by atomic mass is 35.5. The number of carbonyl (C=O) groups excluding carboxylic acids is 2. The van der Waals surface area contributed by atoms with Crippen molar-refractivity contribution in [3.63, 3.8) is 0 Å². The van der Waals surface area contributed by atoms with Crippen LogP contribution in [0, 0.1) is 6.92 Å². The molecule has 6 nitrogen and oxygen atoms in total. The van der Waals surface area contributed by atoms with E-state index in [1.54, 1.807) is 49.4 Å². The molecule has 0 radical (unpaired) electrons. The quantitative estimate of drug-likeness (QED) is 0.550. The predicted molar refractivity (Wildman–Crippen MR) is 113 cm³/mol. The molecule has 2 aromatic carbocycles. The van der Waals surface area contributed by atoms with Crippen molar-refractivity contribution in [3.8, 4) is 5.75 Å². The molecular formula is C22H21ClF2N2O4. The van der Waals surface area contributed by atoms with Crippen LogP contribution in [0.5, 0.6) is 5.75 Å². The Balaban J connectivity index is 2.02. The molecule has 1 aromatic heterocycles. The van der Waals surface area contributed by atoms with Gasteiger partial charge in [0.25, 0.3) is 11.8 Å². The predicted octanol–water partition coefficient (Wildman–Crippen LogP) is 3.98. The maximum absolute atomic E-state index is 13.3. The number of aromatic nitrogens is 1. The van der Waals surface area contributed by atoms with Crippen LogP contribution >= 0.6 is 11.6 Å². The van der Waals surface area contributed by atoms with Gasteiger partial charge in [0.1, 0.15) is 5.75 Å². The Morgan fingerprint density at radius 2 is 1.84 bits per heavy atom. The van der Waals surface area contributed by atoms with Crippen molar-refractivity contribution < 1.29 is 27.8 Å². The Hall–Kier alpha value is -2.97. The number of halogens is 3. The van der Waals surface area contributed by atoms with Gasteiger partial charge in [-0.3, -0.25) is 14.2 Å². The minimum atomic E-state index is -3.30.